The summed E-state index contributed by atoms with van der Waals surface area (Å²) in [5.41, 5.74) is 2.04. The molecule has 0 atom stereocenters. The summed E-state index contributed by atoms with van der Waals surface area (Å²) < 4.78 is 5.43. The van der Waals surface area contributed by atoms with E-state index in [-0.39, 0.29) is 5.91 Å². The van der Waals surface area contributed by atoms with Gasteiger partial charge >= 0.3 is 0 Å². The molecule has 124 valence electrons. The van der Waals surface area contributed by atoms with E-state index in [0.29, 0.717) is 18.2 Å². The van der Waals surface area contributed by atoms with Crippen molar-refractivity contribution in [3.8, 4) is 10.8 Å². The maximum absolute atomic E-state index is 11.9. The number of hydrogen-bond acceptors (Lipinski definition) is 5. The number of benzene rings is 1. The van der Waals surface area contributed by atoms with Gasteiger partial charge in [0.05, 0.1) is 22.9 Å². The van der Waals surface area contributed by atoms with Crippen LogP contribution in [0.1, 0.15) is 11.3 Å². The van der Waals surface area contributed by atoms with Gasteiger partial charge < -0.3 is 9.73 Å². The number of oxazole rings is 1. The van der Waals surface area contributed by atoms with Crippen LogP contribution in [0.2, 0.25) is 0 Å². The van der Waals surface area contributed by atoms with E-state index in [0.717, 1.165) is 22.7 Å². The molecule has 2 heterocycles. The summed E-state index contributed by atoms with van der Waals surface area (Å²) in [6.45, 7) is 0.396. The second kappa shape index (κ2) is 8.70. The van der Waals surface area contributed by atoms with Crippen LogP contribution in [-0.4, -0.2) is 22.4 Å². The molecule has 3 rings (SSSR count). The van der Waals surface area contributed by atoms with E-state index < -0.39 is 0 Å². The molecule has 0 radical (unpaired) electrons. The van der Waals surface area contributed by atoms with Gasteiger partial charge in [0.25, 0.3) is 0 Å². The molecule has 0 aliphatic rings. The highest BCUT2D eigenvalue weighted by atomic mass is 32.2. The minimum atomic E-state index is 0.0220. The third kappa shape index (κ3) is 4.97. The smallest absolute Gasteiger partial charge is 0.236 e. The number of rotatable bonds is 8. The Morgan fingerprint density at radius 2 is 2.08 bits per heavy atom. The number of nitrogens with zero attached hydrogens (tertiary/aromatic N) is 1. The Hall–Kier alpha value is -2.05. The Balaban J connectivity index is 1.35. The van der Waals surface area contributed by atoms with E-state index >= 15 is 0 Å². The maximum atomic E-state index is 11.9. The van der Waals surface area contributed by atoms with Gasteiger partial charge in [0, 0.05) is 0 Å². The fraction of sp³-hybridized carbons (Fsp3) is 0.222. The monoisotopic (exact) mass is 358 g/mol. The molecule has 1 amide bonds. The van der Waals surface area contributed by atoms with Crippen LogP contribution in [0.15, 0.2) is 58.5 Å². The highest BCUT2D eigenvalue weighted by Crippen LogP contribution is 2.23. The zero-order valence-electron chi connectivity index (χ0n) is 13.1. The molecule has 2 aromatic heterocycles. The van der Waals surface area contributed by atoms with Crippen molar-refractivity contribution < 1.29 is 9.21 Å². The van der Waals surface area contributed by atoms with E-state index in [1.807, 2.05) is 35.7 Å². The number of thiophene rings is 1. The molecule has 0 unspecified atom stereocenters. The highest BCUT2D eigenvalue weighted by Gasteiger charge is 2.08. The van der Waals surface area contributed by atoms with Gasteiger partial charge in [-0.2, -0.15) is 11.8 Å². The van der Waals surface area contributed by atoms with E-state index in [1.54, 1.807) is 29.4 Å². The van der Waals surface area contributed by atoms with Crippen LogP contribution < -0.4 is 5.32 Å². The molecule has 0 saturated carbocycles. The van der Waals surface area contributed by atoms with Crippen molar-refractivity contribution in [3.63, 3.8) is 0 Å². The predicted molar refractivity (Wildman–Crippen MR) is 99.1 cm³/mol. The van der Waals surface area contributed by atoms with Crippen molar-refractivity contribution in [1.82, 2.24) is 10.3 Å². The zero-order valence-corrected chi connectivity index (χ0v) is 14.7. The standard InChI is InChI=1S/C18H18N2O2S2/c21-17(13-23-10-8-14-5-2-1-3-6-14)19-11-15-12-22-18(20-15)16-7-4-9-24-16/h1-7,9,12H,8,10-11,13H2,(H,19,21). The molecule has 1 N–H and O–H groups in total. The van der Waals surface area contributed by atoms with Crippen molar-refractivity contribution in [3.05, 3.63) is 65.4 Å². The van der Waals surface area contributed by atoms with Crippen LogP contribution in [0.5, 0.6) is 0 Å². The predicted octanol–water partition coefficient (Wildman–Crippen LogP) is 4.00. The summed E-state index contributed by atoms with van der Waals surface area (Å²) in [4.78, 5) is 17.2. The van der Waals surface area contributed by atoms with Crippen LogP contribution in [0.4, 0.5) is 0 Å². The Labute approximate surface area is 149 Å². The molecule has 6 heteroatoms. The average Bonchev–Trinajstić information content (AvgIpc) is 3.29. The van der Waals surface area contributed by atoms with Crippen molar-refractivity contribution >= 4 is 29.0 Å². The Morgan fingerprint density at radius 1 is 1.21 bits per heavy atom. The van der Waals surface area contributed by atoms with Gasteiger partial charge in [-0.15, -0.1) is 11.3 Å². The first-order chi connectivity index (χ1) is 11.8. The highest BCUT2D eigenvalue weighted by molar-refractivity contribution is 7.99. The number of hydrogen-bond donors (Lipinski definition) is 1. The number of aromatic nitrogens is 1. The van der Waals surface area contributed by atoms with Crippen molar-refractivity contribution in [2.24, 2.45) is 0 Å². The molecule has 3 aromatic rings. The molecule has 0 fully saturated rings. The first-order valence-electron chi connectivity index (χ1n) is 7.68. The average molecular weight is 358 g/mol. The second-order valence-electron chi connectivity index (χ2n) is 5.19. The summed E-state index contributed by atoms with van der Waals surface area (Å²) in [6, 6.07) is 14.2. The zero-order chi connectivity index (χ0) is 16.6. The summed E-state index contributed by atoms with van der Waals surface area (Å²) in [5, 5.41) is 4.86. The van der Waals surface area contributed by atoms with Crippen molar-refractivity contribution in [1.29, 1.82) is 0 Å². The third-order valence-electron chi connectivity index (χ3n) is 3.36. The van der Waals surface area contributed by atoms with Crippen molar-refractivity contribution in [2.75, 3.05) is 11.5 Å². The van der Waals surface area contributed by atoms with Gasteiger partial charge in [-0.1, -0.05) is 36.4 Å². The second-order valence-corrected chi connectivity index (χ2v) is 7.24. The molecule has 0 spiro atoms. The van der Waals surface area contributed by atoms with Crippen LogP contribution in [0, 0.1) is 0 Å². The van der Waals surface area contributed by atoms with E-state index in [9.17, 15) is 4.79 Å². The molecule has 0 aliphatic heterocycles. The number of amides is 1. The van der Waals surface area contributed by atoms with E-state index in [2.05, 4.69) is 22.4 Å². The summed E-state index contributed by atoms with van der Waals surface area (Å²) >= 11 is 3.22. The lowest BCUT2D eigenvalue weighted by atomic mass is 10.2. The lowest BCUT2D eigenvalue weighted by Gasteiger charge is -2.03. The lowest BCUT2D eigenvalue weighted by Crippen LogP contribution is -2.24. The quantitative estimate of drug-likeness (QED) is 0.619. The number of nitrogens with one attached hydrogen (secondary N) is 1. The number of carbonyl (C=O) groups is 1. The minimum Gasteiger partial charge on any atom is -0.443 e. The van der Waals surface area contributed by atoms with Gasteiger partial charge in [0.15, 0.2) is 0 Å². The van der Waals surface area contributed by atoms with Gasteiger partial charge in [-0.05, 0) is 29.2 Å². The molecule has 0 aliphatic carbocycles. The maximum Gasteiger partial charge on any atom is 0.236 e. The summed E-state index contributed by atoms with van der Waals surface area (Å²) in [6.07, 6.45) is 2.57. The molecule has 1 aromatic carbocycles. The lowest BCUT2D eigenvalue weighted by molar-refractivity contribution is -0.118. The fourth-order valence-corrected chi connectivity index (χ4v) is 3.61. The van der Waals surface area contributed by atoms with Gasteiger partial charge in [0.1, 0.15) is 6.26 Å². The van der Waals surface area contributed by atoms with Crippen LogP contribution in [0.3, 0.4) is 0 Å². The molecular formula is C18H18N2O2S2. The van der Waals surface area contributed by atoms with Gasteiger partial charge in [0.2, 0.25) is 11.8 Å². The van der Waals surface area contributed by atoms with Crippen LogP contribution in [-0.2, 0) is 17.8 Å². The fourth-order valence-electron chi connectivity index (χ4n) is 2.14. The molecule has 0 bridgehead atoms. The van der Waals surface area contributed by atoms with E-state index in [4.69, 9.17) is 4.42 Å². The first kappa shape index (κ1) is 16.8. The Kier molecular flexibility index (Phi) is 6.09. The minimum absolute atomic E-state index is 0.0220. The van der Waals surface area contributed by atoms with E-state index in [1.165, 1.54) is 5.56 Å². The first-order valence-corrected chi connectivity index (χ1v) is 9.71. The van der Waals surface area contributed by atoms with Crippen LogP contribution >= 0.6 is 23.1 Å². The van der Waals surface area contributed by atoms with Gasteiger partial charge in [-0.3, -0.25) is 4.79 Å². The Bertz CT molecular complexity index is 754. The number of carbonyl (C=O) groups excluding carboxylic acids is 1. The third-order valence-corrected chi connectivity index (χ3v) is 5.18. The molecule has 24 heavy (non-hydrogen) atoms. The number of thioether (sulfide) groups is 1. The molecule has 4 nitrogen and oxygen atoms in total. The van der Waals surface area contributed by atoms with Crippen molar-refractivity contribution in [2.45, 2.75) is 13.0 Å². The SMILES string of the molecule is O=C(CSCCc1ccccc1)NCc1coc(-c2cccs2)n1. The van der Waals surface area contributed by atoms with Gasteiger partial charge in [-0.25, -0.2) is 4.98 Å². The molecular weight excluding hydrogens is 340 g/mol. The normalized spacial score (nSPS) is 10.7. The topological polar surface area (TPSA) is 55.1 Å². The Morgan fingerprint density at radius 3 is 2.88 bits per heavy atom. The molecule has 0 saturated heterocycles. The number of aryl methyl sites for hydroxylation is 1. The largest absolute Gasteiger partial charge is 0.443 e. The summed E-state index contributed by atoms with van der Waals surface area (Å²) in [5.74, 6) is 2.02. The van der Waals surface area contributed by atoms with Crippen LogP contribution in [0.25, 0.3) is 10.8 Å². The summed E-state index contributed by atoms with van der Waals surface area (Å²) in [7, 11) is 0.